The SMILES string of the molecule is COc1n[c][nH]c1-c1nccs1. The smallest absolute Gasteiger partial charge is 0.242 e. The molecule has 0 aromatic carbocycles. The van der Waals surface area contributed by atoms with Crippen molar-refractivity contribution in [3.8, 4) is 16.6 Å². The maximum atomic E-state index is 5.00. The second-order valence-electron chi connectivity index (χ2n) is 2.07. The Morgan fingerprint density at radius 2 is 2.58 bits per heavy atom. The van der Waals surface area contributed by atoms with Crippen molar-refractivity contribution in [2.45, 2.75) is 0 Å². The van der Waals surface area contributed by atoms with E-state index in [4.69, 9.17) is 4.74 Å². The second kappa shape index (κ2) is 2.94. The summed E-state index contributed by atoms with van der Waals surface area (Å²) in [5.74, 6) is 0.532. The van der Waals surface area contributed by atoms with E-state index in [9.17, 15) is 0 Å². The van der Waals surface area contributed by atoms with Gasteiger partial charge in [-0.2, -0.15) is 4.98 Å². The Bertz CT molecular complexity index is 354. The Hall–Kier alpha value is -1.36. The first-order valence-corrected chi connectivity index (χ1v) is 4.19. The van der Waals surface area contributed by atoms with Crippen molar-refractivity contribution >= 4 is 11.3 Å². The van der Waals surface area contributed by atoms with Gasteiger partial charge in [-0.05, 0) is 0 Å². The lowest BCUT2D eigenvalue weighted by Gasteiger charge is -1.95. The van der Waals surface area contributed by atoms with Crippen molar-refractivity contribution in [1.29, 1.82) is 0 Å². The van der Waals surface area contributed by atoms with E-state index in [1.165, 1.54) is 11.3 Å². The van der Waals surface area contributed by atoms with Crippen LogP contribution >= 0.6 is 11.3 Å². The van der Waals surface area contributed by atoms with Crippen LogP contribution in [0.1, 0.15) is 0 Å². The van der Waals surface area contributed by atoms with Gasteiger partial charge in [0.2, 0.25) is 5.88 Å². The lowest BCUT2D eigenvalue weighted by molar-refractivity contribution is 0.401. The first kappa shape index (κ1) is 7.30. The predicted octanol–water partition coefficient (Wildman–Crippen LogP) is 1.34. The van der Waals surface area contributed by atoms with Crippen LogP contribution in [0.3, 0.4) is 0 Å². The molecular weight excluding hydrogens is 174 g/mol. The van der Waals surface area contributed by atoms with Crippen molar-refractivity contribution in [2.24, 2.45) is 0 Å². The molecule has 0 aliphatic heterocycles. The Balaban J connectivity index is 2.46. The Labute approximate surface area is 73.3 Å². The third-order valence-corrected chi connectivity index (χ3v) is 2.18. The van der Waals surface area contributed by atoms with Crippen molar-refractivity contribution in [3.05, 3.63) is 17.9 Å². The van der Waals surface area contributed by atoms with Crippen LogP contribution in [0, 0.1) is 6.33 Å². The number of H-pyrrole nitrogens is 1. The predicted molar refractivity (Wildman–Crippen MR) is 45.1 cm³/mol. The normalized spacial score (nSPS) is 10.1. The quantitative estimate of drug-likeness (QED) is 0.758. The molecule has 2 heterocycles. The van der Waals surface area contributed by atoms with Gasteiger partial charge in [0.05, 0.1) is 7.11 Å². The number of aromatic amines is 1. The van der Waals surface area contributed by atoms with E-state index < -0.39 is 0 Å². The standard InChI is InChI=1S/C7H6N3OS/c1-11-6-5(9-4-10-6)7-8-2-3-12-7/h2-3H,1H3,(H,9,10). The molecule has 1 radical (unpaired) electrons. The third kappa shape index (κ3) is 1.08. The van der Waals surface area contributed by atoms with E-state index >= 15 is 0 Å². The Morgan fingerprint density at radius 3 is 3.25 bits per heavy atom. The minimum Gasteiger partial charge on any atom is -0.479 e. The molecule has 5 heteroatoms. The number of ether oxygens (including phenoxy) is 1. The van der Waals surface area contributed by atoms with Gasteiger partial charge in [0.25, 0.3) is 0 Å². The van der Waals surface area contributed by atoms with E-state index in [0.29, 0.717) is 5.88 Å². The van der Waals surface area contributed by atoms with Gasteiger partial charge >= 0.3 is 0 Å². The molecule has 0 saturated carbocycles. The number of aromatic nitrogens is 3. The summed E-state index contributed by atoms with van der Waals surface area (Å²) in [6.45, 7) is 0. The maximum absolute atomic E-state index is 5.00. The van der Waals surface area contributed by atoms with Crippen molar-refractivity contribution in [2.75, 3.05) is 7.11 Å². The number of thiazole rings is 1. The molecule has 0 amide bonds. The summed E-state index contributed by atoms with van der Waals surface area (Å²) >= 11 is 1.53. The molecule has 12 heavy (non-hydrogen) atoms. The molecule has 0 aliphatic carbocycles. The summed E-state index contributed by atoms with van der Waals surface area (Å²) in [4.78, 5) is 10.8. The topological polar surface area (TPSA) is 50.8 Å². The highest BCUT2D eigenvalue weighted by atomic mass is 32.1. The van der Waals surface area contributed by atoms with E-state index in [1.54, 1.807) is 13.3 Å². The molecule has 0 spiro atoms. The highest BCUT2D eigenvalue weighted by Crippen LogP contribution is 2.26. The van der Waals surface area contributed by atoms with Crippen LogP contribution in [0.4, 0.5) is 0 Å². The molecule has 0 unspecified atom stereocenters. The van der Waals surface area contributed by atoms with Crippen molar-refractivity contribution in [1.82, 2.24) is 15.0 Å². The molecule has 0 aliphatic rings. The van der Waals surface area contributed by atoms with E-state index in [-0.39, 0.29) is 0 Å². The maximum Gasteiger partial charge on any atom is 0.242 e. The zero-order valence-electron chi connectivity index (χ0n) is 6.37. The number of hydrogen-bond donors (Lipinski definition) is 1. The van der Waals surface area contributed by atoms with Gasteiger partial charge in [-0.25, -0.2) is 4.98 Å². The van der Waals surface area contributed by atoms with Crippen LogP contribution in [0.15, 0.2) is 11.6 Å². The molecule has 0 atom stereocenters. The summed E-state index contributed by atoms with van der Waals surface area (Å²) in [7, 11) is 1.57. The van der Waals surface area contributed by atoms with Crippen LogP contribution in [0.25, 0.3) is 10.7 Å². The van der Waals surface area contributed by atoms with Gasteiger partial charge in [-0.15, -0.1) is 11.3 Å². The van der Waals surface area contributed by atoms with Crippen LogP contribution in [-0.4, -0.2) is 22.1 Å². The Morgan fingerprint density at radius 1 is 1.67 bits per heavy atom. The molecule has 0 saturated heterocycles. The van der Waals surface area contributed by atoms with E-state index in [2.05, 4.69) is 21.3 Å². The average Bonchev–Trinajstić information content (AvgIpc) is 2.74. The lowest BCUT2D eigenvalue weighted by Crippen LogP contribution is -1.85. The molecule has 4 nitrogen and oxygen atoms in total. The first-order valence-electron chi connectivity index (χ1n) is 3.31. The van der Waals surface area contributed by atoms with Crippen LogP contribution in [-0.2, 0) is 0 Å². The van der Waals surface area contributed by atoms with Crippen LogP contribution < -0.4 is 4.74 Å². The largest absolute Gasteiger partial charge is 0.479 e. The summed E-state index contributed by atoms with van der Waals surface area (Å²) in [5.41, 5.74) is 0.785. The number of nitrogens with zero attached hydrogens (tertiary/aromatic N) is 2. The first-order chi connectivity index (χ1) is 5.92. The average molecular weight is 180 g/mol. The van der Waals surface area contributed by atoms with E-state index in [1.807, 2.05) is 5.38 Å². The summed E-state index contributed by atoms with van der Waals surface area (Å²) in [6, 6.07) is 0. The van der Waals surface area contributed by atoms with Crippen molar-refractivity contribution in [3.63, 3.8) is 0 Å². The van der Waals surface area contributed by atoms with Gasteiger partial charge in [0.15, 0.2) is 6.33 Å². The highest BCUT2D eigenvalue weighted by Gasteiger charge is 2.09. The fourth-order valence-electron chi connectivity index (χ4n) is 0.884. The molecule has 1 N–H and O–H groups in total. The summed E-state index contributed by atoms with van der Waals surface area (Å²) in [5, 5.41) is 2.76. The molecule has 2 aromatic rings. The Kier molecular flexibility index (Phi) is 1.79. The second-order valence-corrected chi connectivity index (χ2v) is 2.96. The molecule has 0 bridgehead atoms. The zero-order chi connectivity index (χ0) is 8.39. The fraction of sp³-hybridized carbons (Fsp3) is 0.143. The number of rotatable bonds is 2. The number of methoxy groups -OCH3 is 1. The fourth-order valence-corrected chi connectivity index (χ4v) is 1.51. The van der Waals surface area contributed by atoms with Gasteiger partial charge in [0, 0.05) is 11.6 Å². The summed E-state index contributed by atoms with van der Waals surface area (Å²) in [6.07, 6.45) is 4.34. The van der Waals surface area contributed by atoms with E-state index in [0.717, 1.165) is 10.7 Å². The van der Waals surface area contributed by atoms with Gasteiger partial charge in [-0.1, -0.05) is 0 Å². The number of imidazole rings is 1. The monoisotopic (exact) mass is 180 g/mol. The third-order valence-electron chi connectivity index (χ3n) is 1.39. The number of nitrogens with one attached hydrogen (secondary N) is 1. The van der Waals surface area contributed by atoms with Gasteiger partial charge < -0.3 is 9.72 Å². The molecular formula is C7H6N3OS. The molecule has 0 fully saturated rings. The van der Waals surface area contributed by atoms with Crippen molar-refractivity contribution < 1.29 is 4.74 Å². The minimum absolute atomic E-state index is 0.532. The lowest BCUT2D eigenvalue weighted by atomic mass is 10.5. The molecule has 2 rings (SSSR count). The highest BCUT2D eigenvalue weighted by molar-refractivity contribution is 7.13. The zero-order valence-corrected chi connectivity index (χ0v) is 7.18. The summed E-state index contributed by atoms with van der Waals surface area (Å²) < 4.78 is 5.00. The number of hydrogen-bond acceptors (Lipinski definition) is 4. The molecule has 2 aromatic heterocycles. The minimum atomic E-state index is 0.532. The van der Waals surface area contributed by atoms with Gasteiger partial charge in [0.1, 0.15) is 10.7 Å². The van der Waals surface area contributed by atoms with Crippen LogP contribution in [0.2, 0.25) is 0 Å². The molecule has 61 valence electrons. The van der Waals surface area contributed by atoms with Crippen LogP contribution in [0.5, 0.6) is 5.88 Å². The van der Waals surface area contributed by atoms with Gasteiger partial charge in [-0.3, -0.25) is 0 Å².